The van der Waals surface area contributed by atoms with Crippen LogP contribution in [-0.4, -0.2) is 47.8 Å². The molecule has 0 spiro atoms. The molecule has 4 rings (SSSR count). The fourth-order valence-corrected chi connectivity index (χ4v) is 4.35. The molecule has 0 unspecified atom stereocenters. The molecule has 1 aromatic heterocycles. The lowest BCUT2D eigenvalue weighted by Crippen LogP contribution is -2.33. The molecule has 2 aliphatic rings. The van der Waals surface area contributed by atoms with Crippen molar-refractivity contribution >= 4 is 34.9 Å². The quantitative estimate of drug-likeness (QED) is 0.515. The standard InChI is InChI=1S/C23H32N6S/c30-23(24-13-9-12-19-10-3-1-4-11-19)27-22-25-20(28-14-5-2-6-15-28)18-21(26-22)29-16-7-8-17-29/h1,3-4,10-11,18H,2,5-9,12-17H2,(H2,24,25,26,27,30). The molecular weight excluding hydrogens is 392 g/mol. The summed E-state index contributed by atoms with van der Waals surface area (Å²) in [5.41, 5.74) is 1.35. The number of piperidine rings is 1. The summed E-state index contributed by atoms with van der Waals surface area (Å²) in [7, 11) is 0. The molecule has 0 amide bonds. The number of aromatic nitrogens is 2. The van der Waals surface area contributed by atoms with Crippen molar-refractivity contribution in [2.24, 2.45) is 0 Å². The van der Waals surface area contributed by atoms with E-state index >= 15 is 0 Å². The van der Waals surface area contributed by atoms with E-state index in [9.17, 15) is 0 Å². The summed E-state index contributed by atoms with van der Waals surface area (Å²) >= 11 is 5.51. The summed E-state index contributed by atoms with van der Waals surface area (Å²) in [6.45, 7) is 5.10. The van der Waals surface area contributed by atoms with Gasteiger partial charge in [-0.2, -0.15) is 9.97 Å². The van der Waals surface area contributed by atoms with Crippen LogP contribution in [-0.2, 0) is 6.42 Å². The van der Waals surface area contributed by atoms with Gasteiger partial charge in [0.2, 0.25) is 5.95 Å². The number of nitrogens with zero attached hydrogens (tertiary/aromatic N) is 4. The fraction of sp³-hybridized carbons (Fsp3) is 0.522. The molecular formula is C23H32N6S. The maximum absolute atomic E-state index is 5.51. The van der Waals surface area contributed by atoms with Gasteiger partial charge in [-0.1, -0.05) is 30.3 Å². The number of hydrogen-bond donors (Lipinski definition) is 2. The van der Waals surface area contributed by atoms with E-state index in [0.29, 0.717) is 11.1 Å². The smallest absolute Gasteiger partial charge is 0.232 e. The molecule has 2 aromatic rings. The lowest BCUT2D eigenvalue weighted by molar-refractivity contribution is 0.573. The van der Waals surface area contributed by atoms with E-state index in [2.05, 4.69) is 56.8 Å². The summed E-state index contributed by atoms with van der Waals surface area (Å²) in [4.78, 5) is 14.3. The Morgan fingerprint density at radius 3 is 2.10 bits per heavy atom. The van der Waals surface area contributed by atoms with Crippen molar-refractivity contribution in [2.45, 2.75) is 44.9 Å². The van der Waals surface area contributed by atoms with Gasteiger partial charge < -0.3 is 20.4 Å². The minimum atomic E-state index is 0.589. The number of anilines is 3. The molecule has 1 aromatic carbocycles. The van der Waals surface area contributed by atoms with Crippen LogP contribution < -0.4 is 20.4 Å². The Morgan fingerprint density at radius 1 is 0.867 bits per heavy atom. The Bertz CT molecular complexity index is 816. The van der Waals surface area contributed by atoms with E-state index < -0.39 is 0 Å². The highest BCUT2D eigenvalue weighted by molar-refractivity contribution is 7.80. The van der Waals surface area contributed by atoms with Gasteiger partial charge in [-0.15, -0.1) is 0 Å². The first-order valence-corrected chi connectivity index (χ1v) is 11.7. The van der Waals surface area contributed by atoms with Gasteiger partial charge in [0.25, 0.3) is 0 Å². The van der Waals surface area contributed by atoms with Crippen LogP contribution in [0.15, 0.2) is 36.4 Å². The summed E-state index contributed by atoms with van der Waals surface area (Å²) in [6.07, 6.45) is 8.29. The van der Waals surface area contributed by atoms with Crippen LogP contribution in [0.3, 0.4) is 0 Å². The van der Waals surface area contributed by atoms with E-state index in [1.54, 1.807) is 0 Å². The number of aryl methyl sites for hydroxylation is 1. The molecule has 0 aliphatic carbocycles. The van der Waals surface area contributed by atoms with E-state index in [1.807, 2.05) is 0 Å². The van der Waals surface area contributed by atoms with E-state index in [0.717, 1.165) is 57.2 Å². The summed E-state index contributed by atoms with van der Waals surface area (Å²) in [6, 6.07) is 12.7. The molecule has 6 nitrogen and oxygen atoms in total. The first-order chi connectivity index (χ1) is 14.8. The van der Waals surface area contributed by atoms with E-state index in [4.69, 9.17) is 22.2 Å². The highest BCUT2D eigenvalue weighted by Crippen LogP contribution is 2.26. The topological polar surface area (TPSA) is 56.3 Å². The molecule has 3 heterocycles. The maximum atomic E-state index is 5.51. The van der Waals surface area contributed by atoms with Gasteiger partial charge in [0, 0.05) is 38.8 Å². The third-order valence-corrected chi connectivity index (χ3v) is 6.05. The summed E-state index contributed by atoms with van der Waals surface area (Å²) < 4.78 is 0. The zero-order valence-electron chi connectivity index (χ0n) is 17.6. The SMILES string of the molecule is S=C(NCCCc1ccccc1)Nc1nc(N2CCCCC2)cc(N2CCCC2)n1. The lowest BCUT2D eigenvalue weighted by Gasteiger charge is -2.29. The average molecular weight is 425 g/mol. The molecule has 30 heavy (non-hydrogen) atoms. The van der Waals surface area contributed by atoms with Gasteiger partial charge in [0.05, 0.1) is 0 Å². The molecule has 0 atom stereocenters. The highest BCUT2D eigenvalue weighted by atomic mass is 32.1. The van der Waals surface area contributed by atoms with Gasteiger partial charge >= 0.3 is 0 Å². The van der Waals surface area contributed by atoms with Crippen LogP contribution in [0.1, 0.15) is 44.1 Å². The molecule has 0 radical (unpaired) electrons. The van der Waals surface area contributed by atoms with Crippen molar-refractivity contribution in [3.05, 3.63) is 42.0 Å². The molecule has 0 bridgehead atoms. The Kier molecular flexibility index (Phi) is 7.34. The number of nitrogens with one attached hydrogen (secondary N) is 2. The van der Waals surface area contributed by atoms with Crippen molar-refractivity contribution in [3.8, 4) is 0 Å². The van der Waals surface area contributed by atoms with Crippen molar-refractivity contribution in [1.82, 2.24) is 15.3 Å². The molecule has 2 fully saturated rings. The monoisotopic (exact) mass is 424 g/mol. The van der Waals surface area contributed by atoms with Crippen LogP contribution in [0, 0.1) is 0 Å². The number of benzene rings is 1. The first-order valence-electron chi connectivity index (χ1n) is 11.3. The van der Waals surface area contributed by atoms with E-state index in [1.165, 1.54) is 37.7 Å². The Morgan fingerprint density at radius 2 is 1.47 bits per heavy atom. The second-order valence-corrected chi connectivity index (χ2v) is 8.53. The molecule has 7 heteroatoms. The second-order valence-electron chi connectivity index (χ2n) is 8.12. The minimum Gasteiger partial charge on any atom is -0.362 e. The third-order valence-electron chi connectivity index (χ3n) is 5.81. The van der Waals surface area contributed by atoms with Crippen LogP contribution in [0.25, 0.3) is 0 Å². The number of thiocarbonyl (C=S) groups is 1. The van der Waals surface area contributed by atoms with Crippen molar-refractivity contribution < 1.29 is 0 Å². The van der Waals surface area contributed by atoms with Gasteiger partial charge in [0.15, 0.2) is 5.11 Å². The molecule has 2 aliphatic heterocycles. The lowest BCUT2D eigenvalue weighted by atomic mass is 10.1. The van der Waals surface area contributed by atoms with Crippen LogP contribution >= 0.6 is 12.2 Å². The van der Waals surface area contributed by atoms with Gasteiger partial charge in [-0.3, -0.25) is 0 Å². The van der Waals surface area contributed by atoms with Crippen molar-refractivity contribution in [1.29, 1.82) is 0 Å². The third kappa shape index (κ3) is 5.81. The average Bonchev–Trinajstić information content (AvgIpc) is 3.33. The van der Waals surface area contributed by atoms with Crippen molar-refractivity contribution in [2.75, 3.05) is 47.8 Å². The van der Waals surface area contributed by atoms with Crippen LogP contribution in [0.2, 0.25) is 0 Å². The zero-order chi connectivity index (χ0) is 20.6. The maximum Gasteiger partial charge on any atom is 0.232 e. The van der Waals surface area contributed by atoms with Gasteiger partial charge in [-0.05, 0) is 62.7 Å². The second kappa shape index (κ2) is 10.6. The first kappa shape index (κ1) is 20.8. The molecule has 2 N–H and O–H groups in total. The number of hydrogen-bond acceptors (Lipinski definition) is 5. The Labute approximate surface area is 185 Å². The highest BCUT2D eigenvalue weighted by Gasteiger charge is 2.19. The van der Waals surface area contributed by atoms with Crippen LogP contribution in [0.4, 0.5) is 17.6 Å². The Balaban J connectivity index is 1.36. The van der Waals surface area contributed by atoms with Gasteiger partial charge in [0.1, 0.15) is 11.6 Å². The predicted octanol–water partition coefficient (Wildman–Crippen LogP) is 3.99. The normalized spacial score (nSPS) is 16.5. The molecule has 2 saturated heterocycles. The van der Waals surface area contributed by atoms with Crippen LogP contribution in [0.5, 0.6) is 0 Å². The molecule has 160 valence electrons. The fourth-order valence-electron chi connectivity index (χ4n) is 4.16. The predicted molar refractivity (Wildman–Crippen MR) is 129 cm³/mol. The largest absolute Gasteiger partial charge is 0.362 e. The molecule has 0 saturated carbocycles. The Hall–Kier alpha value is -2.41. The number of rotatable bonds is 7. The van der Waals surface area contributed by atoms with Crippen molar-refractivity contribution in [3.63, 3.8) is 0 Å². The minimum absolute atomic E-state index is 0.589. The zero-order valence-corrected chi connectivity index (χ0v) is 18.5. The van der Waals surface area contributed by atoms with E-state index in [-0.39, 0.29) is 0 Å². The summed E-state index contributed by atoms with van der Waals surface area (Å²) in [5, 5.41) is 7.12. The summed E-state index contributed by atoms with van der Waals surface area (Å²) in [5.74, 6) is 2.62. The van der Waals surface area contributed by atoms with Gasteiger partial charge in [-0.25, -0.2) is 0 Å².